The lowest BCUT2D eigenvalue weighted by Gasteiger charge is -2.26. The van der Waals surface area contributed by atoms with Crippen molar-refractivity contribution in [2.45, 2.75) is 77.8 Å². The van der Waals surface area contributed by atoms with Crippen molar-refractivity contribution in [1.29, 1.82) is 0 Å². The summed E-state index contributed by atoms with van der Waals surface area (Å²) in [6.07, 6.45) is 6.29. The van der Waals surface area contributed by atoms with Gasteiger partial charge in [0.15, 0.2) is 11.6 Å². The molecule has 2 fully saturated rings. The summed E-state index contributed by atoms with van der Waals surface area (Å²) in [5.74, 6) is -0.427. The van der Waals surface area contributed by atoms with Crippen molar-refractivity contribution < 1.29 is 18.9 Å². The van der Waals surface area contributed by atoms with E-state index in [1.165, 1.54) is 0 Å². The van der Waals surface area contributed by atoms with Crippen molar-refractivity contribution >= 4 is 0 Å². The van der Waals surface area contributed by atoms with Crippen molar-refractivity contribution in [1.82, 2.24) is 0 Å². The first kappa shape index (κ1) is 17.9. The highest BCUT2D eigenvalue weighted by molar-refractivity contribution is 4.72. The van der Waals surface area contributed by atoms with Crippen molar-refractivity contribution in [3.63, 3.8) is 0 Å². The Labute approximate surface area is 124 Å². The van der Waals surface area contributed by atoms with E-state index in [1.807, 2.05) is 0 Å². The largest absolute Gasteiger partial charge is 0.348 e. The van der Waals surface area contributed by atoms with Crippen molar-refractivity contribution in [3.8, 4) is 0 Å². The van der Waals surface area contributed by atoms with Crippen LogP contribution in [0.15, 0.2) is 0 Å². The molecular weight excluding hydrogens is 256 g/mol. The van der Waals surface area contributed by atoms with Gasteiger partial charge in [-0.1, -0.05) is 40.5 Å². The Kier molecular flexibility index (Phi) is 8.03. The molecule has 2 aliphatic rings. The van der Waals surface area contributed by atoms with E-state index in [2.05, 4.69) is 27.7 Å². The van der Waals surface area contributed by atoms with Gasteiger partial charge in [0.25, 0.3) is 0 Å². The summed E-state index contributed by atoms with van der Waals surface area (Å²) in [6.45, 7) is 11.6. The fourth-order valence-electron chi connectivity index (χ4n) is 2.83. The van der Waals surface area contributed by atoms with Crippen molar-refractivity contribution in [2.24, 2.45) is 0 Å². The van der Waals surface area contributed by atoms with Crippen LogP contribution in [0.2, 0.25) is 0 Å². The molecule has 0 amide bonds. The minimum Gasteiger partial charge on any atom is -0.348 e. The molecule has 2 saturated heterocycles. The van der Waals surface area contributed by atoms with E-state index < -0.39 is 0 Å². The van der Waals surface area contributed by atoms with Gasteiger partial charge < -0.3 is 18.9 Å². The molecule has 0 aromatic rings. The zero-order valence-corrected chi connectivity index (χ0v) is 13.7. The van der Waals surface area contributed by atoms with E-state index in [1.54, 1.807) is 0 Å². The maximum atomic E-state index is 5.60. The van der Waals surface area contributed by atoms with E-state index in [0.717, 1.165) is 65.0 Å². The molecule has 2 aliphatic heterocycles. The van der Waals surface area contributed by atoms with E-state index in [0.29, 0.717) is 0 Å². The molecule has 120 valence electrons. The van der Waals surface area contributed by atoms with Gasteiger partial charge in [-0.05, 0) is 12.8 Å². The third-order valence-electron chi connectivity index (χ3n) is 3.97. The summed E-state index contributed by atoms with van der Waals surface area (Å²) in [7, 11) is 0. The Bertz CT molecular complexity index is 229. The predicted molar refractivity (Wildman–Crippen MR) is 79.7 cm³/mol. The zero-order chi connectivity index (χ0) is 14.9. The van der Waals surface area contributed by atoms with Crippen LogP contribution in [0.25, 0.3) is 0 Å². The quantitative estimate of drug-likeness (QED) is 0.743. The molecule has 2 rings (SSSR count). The van der Waals surface area contributed by atoms with E-state index in [4.69, 9.17) is 18.9 Å². The summed E-state index contributed by atoms with van der Waals surface area (Å²) >= 11 is 0. The first-order chi connectivity index (χ1) is 9.66. The molecule has 0 atom stereocenters. The molecule has 0 radical (unpaired) electrons. The number of hydrogen-bond donors (Lipinski definition) is 0. The Hall–Kier alpha value is -0.160. The van der Waals surface area contributed by atoms with Crippen LogP contribution in [-0.2, 0) is 18.9 Å². The number of rotatable bonds is 6. The minimum atomic E-state index is -0.222. The summed E-state index contributed by atoms with van der Waals surface area (Å²) in [4.78, 5) is 0. The van der Waals surface area contributed by atoms with Crippen LogP contribution in [-0.4, -0.2) is 38.0 Å². The lowest BCUT2D eigenvalue weighted by molar-refractivity contribution is -0.167. The summed E-state index contributed by atoms with van der Waals surface area (Å²) in [6, 6.07) is 0. The van der Waals surface area contributed by atoms with Gasteiger partial charge in [-0.15, -0.1) is 0 Å². The second-order valence-electron chi connectivity index (χ2n) is 5.42. The van der Waals surface area contributed by atoms with Gasteiger partial charge >= 0.3 is 0 Å². The van der Waals surface area contributed by atoms with Gasteiger partial charge in [-0.25, -0.2) is 0 Å². The molecule has 4 heteroatoms. The smallest absolute Gasteiger partial charge is 0.168 e. The summed E-state index contributed by atoms with van der Waals surface area (Å²) in [5.41, 5.74) is 0. The Morgan fingerprint density at radius 3 is 1.20 bits per heavy atom. The lowest BCUT2D eigenvalue weighted by Crippen LogP contribution is -2.29. The average molecular weight is 288 g/mol. The van der Waals surface area contributed by atoms with E-state index >= 15 is 0 Å². The average Bonchev–Trinajstić information content (AvgIpc) is 3.10. The Morgan fingerprint density at radius 2 is 0.950 bits per heavy atom. The molecular formula is C16H32O4. The fraction of sp³-hybridized carbons (Fsp3) is 1.00. The van der Waals surface area contributed by atoms with Crippen LogP contribution in [0, 0.1) is 0 Å². The van der Waals surface area contributed by atoms with E-state index in [9.17, 15) is 0 Å². The fourth-order valence-corrected chi connectivity index (χ4v) is 2.83. The van der Waals surface area contributed by atoms with Crippen molar-refractivity contribution in [3.05, 3.63) is 0 Å². The highest BCUT2D eigenvalue weighted by Crippen LogP contribution is 2.29. The monoisotopic (exact) mass is 288 g/mol. The van der Waals surface area contributed by atoms with Crippen LogP contribution < -0.4 is 0 Å². The van der Waals surface area contributed by atoms with Crippen LogP contribution in [0.4, 0.5) is 0 Å². The molecule has 0 aromatic carbocycles. The molecule has 4 nitrogen and oxygen atoms in total. The zero-order valence-electron chi connectivity index (χ0n) is 13.7. The van der Waals surface area contributed by atoms with Crippen LogP contribution >= 0.6 is 0 Å². The number of hydrogen-bond acceptors (Lipinski definition) is 4. The van der Waals surface area contributed by atoms with E-state index in [-0.39, 0.29) is 11.6 Å². The van der Waals surface area contributed by atoms with Gasteiger partial charge in [0.05, 0.1) is 26.4 Å². The van der Waals surface area contributed by atoms with Gasteiger partial charge in [-0.3, -0.25) is 0 Å². The van der Waals surface area contributed by atoms with Crippen LogP contribution in [0.3, 0.4) is 0 Å². The topological polar surface area (TPSA) is 36.9 Å². The second-order valence-corrected chi connectivity index (χ2v) is 5.42. The number of ether oxygens (including phenoxy) is 4. The Morgan fingerprint density at radius 1 is 0.600 bits per heavy atom. The van der Waals surface area contributed by atoms with Gasteiger partial charge in [0.1, 0.15) is 0 Å². The van der Waals surface area contributed by atoms with Gasteiger partial charge in [0.2, 0.25) is 0 Å². The normalized spacial score (nSPS) is 23.4. The van der Waals surface area contributed by atoms with Crippen molar-refractivity contribution in [2.75, 3.05) is 26.4 Å². The maximum Gasteiger partial charge on any atom is 0.168 e. The third-order valence-corrected chi connectivity index (χ3v) is 3.97. The molecule has 0 N–H and O–H groups in total. The maximum absolute atomic E-state index is 5.60. The predicted octanol–water partition coefficient (Wildman–Crippen LogP) is 3.88. The molecule has 2 heterocycles. The molecule has 0 saturated carbocycles. The van der Waals surface area contributed by atoms with Crippen LogP contribution in [0.5, 0.6) is 0 Å². The summed E-state index contributed by atoms with van der Waals surface area (Å²) < 4.78 is 22.0. The van der Waals surface area contributed by atoms with Crippen LogP contribution in [0.1, 0.15) is 66.2 Å². The van der Waals surface area contributed by atoms with Gasteiger partial charge in [-0.2, -0.15) is 0 Å². The minimum absolute atomic E-state index is 0.205. The standard InChI is InChI=1S/C9H18O2.C7H14O2/c1-3-5-9(6-4-2)10-7-8-11-9;1-3-7(4-2)8-5-6-9-7/h3-8H2,1-2H3;3-6H2,1-2H3. The molecule has 0 bridgehead atoms. The summed E-state index contributed by atoms with van der Waals surface area (Å²) in [5, 5.41) is 0. The highest BCUT2D eigenvalue weighted by atomic mass is 16.7. The lowest BCUT2D eigenvalue weighted by atomic mass is 10.1. The Balaban J connectivity index is 0.000000204. The molecule has 0 aromatic heterocycles. The first-order valence-corrected chi connectivity index (χ1v) is 8.21. The van der Waals surface area contributed by atoms with Gasteiger partial charge in [0, 0.05) is 12.8 Å². The third kappa shape index (κ3) is 4.99. The molecule has 0 spiro atoms. The molecule has 20 heavy (non-hydrogen) atoms. The highest BCUT2D eigenvalue weighted by Gasteiger charge is 2.34. The SMILES string of the molecule is CCC1(CC)OCCO1.CCCC1(CCC)OCCO1. The second kappa shape index (κ2) is 8.98. The molecule has 0 aliphatic carbocycles. The molecule has 0 unspecified atom stereocenters. The first-order valence-electron chi connectivity index (χ1n) is 8.21.